The topological polar surface area (TPSA) is 57.5 Å². The summed E-state index contributed by atoms with van der Waals surface area (Å²) < 4.78 is 8.70. The van der Waals surface area contributed by atoms with Crippen molar-refractivity contribution in [2.24, 2.45) is 0 Å². The van der Waals surface area contributed by atoms with E-state index in [1.807, 2.05) is 0 Å². The van der Waals surface area contributed by atoms with Crippen LogP contribution < -0.4 is 0 Å². The first-order valence-corrected chi connectivity index (χ1v) is 1.75. The second-order valence-corrected chi connectivity index (χ2v) is 0.758. The molecule has 2 N–H and O–H groups in total. The van der Waals surface area contributed by atoms with E-state index in [1.165, 1.54) is 0 Å². The zero-order valence-corrected chi connectivity index (χ0v) is 9.77. The van der Waals surface area contributed by atoms with Gasteiger partial charge in [0.1, 0.15) is 0 Å². The molecule has 6 heavy (non-hydrogen) atoms. The van der Waals surface area contributed by atoms with E-state index in [-0.39, 0.29) is 80.9 Å². The molecule has 26 valence electrons. The van der Waals surface area contributed by atoms with Gasteiger partial charge in [0.15, 0.2) is 0 Å². The third kappa shape index (κ3) is 30.2. The van der Waals surface area contributed by atoms with Gasteiger partial charge in [0, 0.05) is 85.5 Å². The maximum absolute atomic E-state index is 8.70. The maximum atomic E-state index is 8.70. The molecular weight excluding hydrogens is 141 g/mol. The fraction of sp³-hybridized carbons (Fsp3) is 0. The van der Waals surface area contributed by atoms with Crippen LogP contribution in [0.2, 0.25) is 0 Å². The van der Waals surface area contributed by atoms with Gasteiger partial charge in [0.25, 0.3) is 0 Å². The molecule has 0 spiro atoms. The largest absolute Gasteiger partial charge is 0.692 e. The van der Waals surface area contributed by atoms with Crippen LogP contribution in [0.4, 0.5) is 0 Å². The van der Waals surface area contributed by atoms with E-state index in [4.69, 9.17) is 14.4 Å². The van der Waals surface area contributed by atoms with E-state index >= 15 is 0 Å². The molecule has 0 bridgehead atoms. The summed E-state index contributed by atoms with van der Waals surface area (Å²) in [5.41, 5.74) is 0. The molecule has 3 nitrogen and oxygen atoms in total. The van der Waals surface area contributed by atoms with Crippen molar-refractivity contribution < 1.29 is 14.4 Å². The Labute approximate surface area is 101 Å². The van der Waals surface area contributed by atoms with Crippen LogP contribution >= 0.6 is 8.25 Å². The minimum Gasteiger partial charge on any atom is -0.134 e. The molecular formula is H2KNaO3P+. The van der Waals surface area contributed by atoms with Gasteiger partial charge in [0.2, 0.25) is 0 Å². The van der Waals surface area contributed by atoms with Gasteiger partial charge >= 0.3 is 8.25 Å². The molecule has 2 radical (unpaired) electrons. The fourth-order valence-corrected chi connectivity index (χ4v) is 0. The van der Waals surface area contributed by atoms with Crippen molar-refractivity contribution in [1.82, 2.24) is 0 Å². The molecule has 0 aromatic rings. The Morgan fingerprint density at radius 1 is 1.33 bits per heavy atom. The molecule has 0 aromatic carbocycles. The first-order chi connectivity index (χ1) is 1.73. The second-order valence-electron chi connectivity index (χ2n) is 0.253. The molecule has 0 aliphatic heterocycles. The van der Waals surface area contributed by atoms with E-state index in [1.54, 1.807) is 0 Å². The molecule has 0 saturated heterocycles. The molecule has 0 amide bonds. The van der Waals surface area contributed by atoms with Crippen LogP contribution in [-0.2, 0) is 4.57 Å². The summed E-state index contributed by atoms with van der Waals surface area (Å²) in [5.74, 6) is 0. The van der Waals surface area contributed by atoms with E-state index in [2.05, 4.69) is 0 Å². The summed E-state index contributed by atoms with van der Waals surface area (Å²) in [5, 5.41) is 0. The molecule has 0 aliphatic carbocycles. The second kappa shape index (κ2) is 10.6. The molecule has 0 fully saturated rings. The van der Waals surface area contributed by atoms with Crippen molar-refractivity contribution in [3.63, 3.8) is 0 Å². The molecule has 0 saturated carbocycles. The Morgan fingerprint density at radius 2 is 1.33 bits per heavy atom. The van der Waals surface area contributed by atoms with Gasteiger partial charge in [-0.3, -0.25) is 0 Å². The van der Waals surface area contributed by atoms with Crippen molar-refractivity contribution >= 4 is 89.2 Å². The first-order valence-electron chi connectivity index (χ1n) is 0.583. The SMILES string of the molecule is O=[P+](O)O.[K].[Na]. The molecule has 0 atom stereocenters. The van der Waals surface area contributed by atoms with Crippen LogP contribution in [0.15, 0.2) is 0 Å². The van der Waals surface area contributed by atoms with Crippen LogP contribution in [0, 0.1) is 0 Å². The van der Waals surface area contributed by atoms with E-state index < -0.39 is 8.25 Å². The monoisotopic (exact) mass is 143 g/mol. The Bertz CT molecular complexity index is 33.8. The average Bonchev–Trinajstić information content (AvgIpc) is 0.811. The van der Waals surface area contributed by atoms with Crippen LogP contribution in [0.5, 0.6) is 0 Å². The van der Waals surface area contributed by atoms with Crippen LogP contribution in [0.3, 0.4) is 0 Å². The maximum Gasteiger partial charge on any atom is 0.692 e. The zero-order valence-electron chi connectivity index (χ0n) is 3.75. The van der Waals surface area contributed by atoms with Gasteiger partial charge in [-0.05, 0) is 0 Å². The van der Waals surface area contributed by atoms with Gasteiger partial charge in [-0.25, -0.2) is 0 Å². The third-order valence-electron chi connectivity index (χ3n) is 0. The standard InChI is InChI=1S/K.Na.HO3P/c;;1-4(2)3/h;;(H-,1,2,3)/p+1. The minimum atomic E-state index is -2.87. The third-order valence-corrected chi connectivity index (χ3v) is 0. The minimum absolute atomic E-state index is 0. The number of rotatable bonds is 0. The van der Waals surface area contributed by atoms with Crippen LogP contribution in [0.25, 0.3) is 0 Å². The normalized spacial score (nSPS) is 4.33. The predicted molar refractivity (Wildman–Crippen MR) is 23.6 cm³/mol. The van der Waals surface area contributed by atoms with Crippen molar-refractivity contribution in [2.75, 3.05) is 0 Å². The summed E-state index contributed by atoms with van der Waals surface area (Å²) in [6, 6.07) is 0. The molecule has 0 aromatic heterocycles. The summed E-state index contributed by atoms with van der Waals surface area (Å²) in [7, 11) is -2.87. The van der Waals surface area contributed by atoms with Gasteiger partial charge < -0.3 is 0 Å². The molecule has 0 heterocycles. The predicted octanol–water partition coefficient (Wildman–Crippen LogP) is -1.13. The number of hydrogen-bond donors (Lipinski definition) is 2. The quantitative estimate of drug-likeness (QED) is 0.333. The van der Waals surface area contributed by atoms with E-state index in [0.29, 0.717) is 0 Å². The number of hydrogen-bond acceptors (Lipinski definition) is 1. The van der Waals surface area contributed by atoms with Gasteiger partial charge in [-0.1, -0.05) is 0 Å². The molecule has 0 rings (SSSR count). The van der Waals surface area contributed by atoms with Gasteiger partial charge in [-0.2, -0.15) is 0 Å². The Balaban J connectivity index is -0.0000000450. The average molecular weight is 143 g/mol. The summed E-state index contributed by atoms with van der Waals surface area (Å²) in [6.07, 6.45) is 0. The van der Waals surface area contributed by atoms with Crippen molar-refractivity contribution in [1.29, 1.82) is 0 Å². The smallest absolute Gasteiger partial charge is 0.134 e. The van der Waals surface area contributed by atoms with Gasteiger partial charge in [0.05, 0.1) is 0 Å². The summed E-state index contributed by atoms with van der Waals surface area (Å²) >= 11 is 0. The van der Waals surface area contributed by atoms with Crippen LogP contribution in [0.1, 0.15) is 0 Å². The van der Waals surface area contributed by atoms with Crippen LogP contribution in [-0.4, -0.2) is 90.7 Å². The molecule has 0 unspecified atom stereocenters. The van der Waals surface area contributed by atoms with Crippen molar-refractivity contribution in [3.05, 3.63) is 0 Å². The molecule has 6 heteroatoms. The first kappa shape index (κ1) is 15.9. The summed E-state index contributed by atoms with van der Waals surface area (Å²) in [4.78, 5) is 14.2. The zero-order chi connectivity index (χ0) is 3.58. The Hall–Kier alpha value is 2.66. The Morgan fingerprint density at radius 3 is 1.33 bits per heavy atom. The van der Waals surface area contributed by atoms with E-state index in [0.717, 1.165) is 0 Å². The fourth-order valence-electron chi connectivity index (χ4n) is 0. The van der Waals surface area contributed by atoms with E-state index in [9.17, 15) is 0 Å². The van der Waals surface area contributed by atoms with Gasteiger partial charge in [-0.15, -0.1) is 9.79 Å². The molecule has 0 aliphatic rings. The Kier molecular flexibility index (Phi) is 28.0. The van der Waals surface area contributed by atoms with Crippen molar-refractivity contribution in [3.8, 4) is 0 Å². The van der Waals surface area contributed by atoms with Crippen molar-refractivity contribution in [2.45, 2.75) is 0 Å². The summed E-state index contributed by atoms with van der Waals surface area (Å²) in [6.45, 7) is 0.